The van der Waals surface area contributed by atoms with E-state index in [1.165, 1.54) is 0 Å². The van der Waals surface area contributed by atoms with Crippen molar-refractivity contribution >= 4 is 11.6 Å². The second-order valence-corrected chi connectivity index (χ2v) is 4.71. The third kappa shape index (κ3) is 6.25. The normalized spacial score (nSPS) is 12.4. The summed E-state index contributed by atoms with van der Waals surface area (Å²) in [5, 5.41) is 0.669. The Hall–Kier alpha value is -0.810. The zero-order valence-electron chi connectivity index (χ0n) is 11.5. The molecule has 0 heterocycles. The number of hydrogen-bond donors (Lipinski definition) is 1. The summed E-state index contributed by atoms with van der Waals surface area (Å²) < 4.78 is 16.0. The Kier molecular flexibility index (Phi) is 7.82. The molecule has 1 aromatic carbocycles. The molecule has 1 rings (SSSR count). The average Bonchev–Trinajstić information content (AvgIpc) is 2.39. The molecule has 0 saturated carbocycles. The van der Waals surface area contributed by atoms with Gasteiger partial charge in [-0.05, 0) is 25.1 Å². The first-order valence-corrected chi connectivity index (χ1v) is 6.77. The summed E-state index contributed by atoms with van der Waals surface area (Å²) in [6, 6.07) is 5.40. The molecular weight excluding hydrogens is 266 g/mol. The van der Waals surface area contributed by atoms with Gasteiger partial charge in [0, 0.05) is 36.8 Å². The number of ether oxygens (including phenoxy) is 3. The van der Waals surface area contributed by atoms with Crippen molar-refractivity contribution in [1.82, 2.24) is 0 Å². The van der Waals surface area contributed by atoms with Crippen LogP contribution in [-0.2, 0) is 9.47 Å². The molecule has 0 aliphatic carbocycles. The minimum atomic E-state index is -0.105. The van der Waals surface area contributed by atoms with E-state index in [0.29, 0.717) is 31.5 Å². The molecule has 0 saturated heterocycles. The van der Waals surface area contributed by atoms with E-state index < -0.39 is 0 Å². The molecule has 0 amide bonds. The molecule has 0 bridgehead atoms. The fourth-order valence-electron chi connectivity index (χ4n) is 1.59. The van der Waals surface area contributed by atoms with Crippen molar-refractivity contribution in [3.8, 4) is 5.75 Å². The molecule has 1 atom stereocenters. The SMILES string of the molecule is COCCOCCCOc1ccc(Cl)cc1C(C)N. The Morgan fingerprint density at radius 3 is 2.68 bits per heavy atom. The number of methoxy groups -OCH3 is 1. The summed E-state index contributed by atoms with van der Waals surface area (Å²) >= 11 is 5.95. The van der Waals surface area contributed by atoms with Crippen LogP contribution in [0.4, 0.5) is 0 Å². The van der Waals surface area contributed by atoms with Crippen LogP contribution in [0.1, 0.15) is 24.9 Å². The van der Waals surface area contributed by atoms with Crippen LogP contribution in [-0.4, -0.2) is 33.5 Å². The maximum Gasteiger partial charge on any atom is 0.124 e. The Bertz CT molecular complexity index is 372. The molecule has 1 aromatic rings. The summed E-state index contributed by atoms with van der Waals surface area (Å²) in [5.74, 6) is 0.788. The van der Waals surface area contributed by atoms with Crippen molar-refractivity contribution in [2.45, 2.75) is 19.4 Å². The van der Waals surface area contributed by atoms with Crippen molar-refractivity contribution in [2.75, 3.05) is 33.5 Å². The van der Waals surface area contributed by atoms with Gasteiger partial charge in [-0.3, -0.25) is 0 Å². The summed E-state index contributed by atoms with van der Waals surface area (Å²) in [5.41, 5.74) is 6.82. The zero-order valence-corrected chi connectivity index (χ0v) is 12.3. The quantitative estimate of drug-likeness (QED) is 0.710. The molecule has 4 nitrogen and oxygen atoms in total. The van der Waals surface area contributed by atoms with E-state index >= 15 is 0 Å². The Balaban J connectivity index is 2.33. The molecule has 0 radical (unpaired) electrons. The van der Waals surface area contributed by atoms with Gasteiger partial charge in [0.15, 0.2) is 0 Å². The summed E-state index contributed by atoms with van der Waals surface area (Å²) in [6.45, 7) is 4.39. The lowest BCUT2D eigenvalue weighted by Crippen LogP contribution is -2.10. The number of benzene rings is 1. The topological polar surface area (TPSA) is 53.7 Å². The van der Waals surface area contributed by atoms with E-state index in [4.69, 9.17) is 31.5 Å². The summed E-state index contributed by atoms with van der Waals surface area (Å²) in [6.07, 6.45) is 0.824. The fourth-order valence-corrected chi connectivity index (χ4v) is 1.77. The molecule has 1 unspecified atom stereocenters. The molecule has 0 aromatic heterocycles. The largest absolute Gasteiger partial charge is 0.493 e. The van der Waals surface area contributed by atoms with Crippen LogP contribution in [0.15, 0.2) is 18.2 Å². The second kappa shape index (κ2) is 9.15. The molecule has 0 aliphatic heterocycles. The van der Waals surface area contributed by atoms with Gasteiger partial charge in [0.25, 0.3) is 0 Å². The maximum atomic E-state index is 5.95. The highest BCUT2D eigenvalue weighted by atomic mass is 35.5. The monoisotopic (exact) mass is 287 g/mol. The van der Waals surface area contributed by atoms with Crippen LogP contribution in [0.2, 0.25) is 5.02 Å². The molecule has 2 N–H and O–H groups in total. The first-order chi connectivity index (χ1) is 9.15. The highest BCUT2D eigenvalue weighted by molar-refractivity contribution is 6.30. The lowest BCUT2D eigenvalue weighted by atomic mass is 10.1. The van der Waals surface area contributed by atoms with Crippen molar-refractivity contribution in [2.24, 2.45) is 5.73 Å². The minimum Gasteiger partial charge on any atom is -0.493 e. The molecular formula is C14H22ClNO3. The van der Waals surface area contributed by atoms with Gasteiger partial charge < -0.3 is 19.9 Å². The van der Waals surface area contributed by atoms with Crippen molar-refractivity contribution in [3.05, 3.63) is 28.8 Å². The third-order valence-electron chi connectivity index (χ3n) is 2.58. The Morgan fingerprint density at radius 2 is 2.00 bits per heavy atom. The summed E-state index contributed by atoms with van der Waals surface area (Å²) in [7, 11) is 1.66. The minimum absolute atomic E-state index is 0.105. The first-order valence-electron chi connectivity index (χ1n) is 6.39. The zero-order chi connectivity index (χ0) is 14.1. The predicted molar refractivity (Wildman–Crippen MR) is 76.9 cm³/mol. The van der Waals surface area contributed by atoms with Crippen LogP contribution in [0.25, 0.3) is 0 Å². The van der Waals surface area contributed by atoms with E-state index in [1.807, 2.05) is 19.1 Å². The van der Waals surface area contributed by atoms with Crippen molar-refractivity contribution < 1.29 is 14.2 Å². The maximum absolute atomic E-state index is 5.95. The number of halogens is 1. The predicted octanol–water partition coefficient (Wildman–Crippen LogP) is 2.79. The van der Waals surface area contributed by atoms with Crippen LogP contribution in [0.5, 0.6) is 5.75 Å². The fraction of sp³-hybridized carbons (Fsp3) is 0.571. The number of rotatable bonds is 9. The van der Waals surface area contributed by atoms with Crippen LogP contribution < -0.4 is 10.5 Å². The van der Waals surface area contributed by atoms with Crippen LogP contribution >= 0.6 is 11.6 Å². The van der Waals surface area contributed by atoms with E-state index in [-0.39, 0.29) is 6.04 Å². The van der Waals surface area contributed by atoms with Gasteiger partial charge >= 0.3 is 0 Å². The van der Waals surface area contributed by atoms with Gasteiger partial charge in [-0.1, -0.05) is 11.6 Å². The van der Waals surface area contributed by atoms with Gasteiger partial charge in [-0.2, -0.15) is 0 Å². The molecule has 0 fully saturated rings. The van der Waals surface area contributed by atoms with Gasteiger partial charge in [0.05, 0.1) is 19.8 Å². The lowest BCUT2D eigenvalue weighted by molar-refractivity contribution is 0.0644. The Labute approximate surface area is 119 Å². The third-order valence-corrected chi connectivity index (χ3v) is 2.82. The smallest absolute Gasteiger partial charge is 0.124 e. The number of nitrogens with two attached hydrogens (primary N) is 1. The van der Waals surface area contributed by atoms with Crippen molar-refractivity contribution in [3.63, 3.8) is 0 Å². The van der Waals surface area contributed by atoms with Crippen LogP contribution in [0.3, 0.4) is 0 Å². The Morgan fingerprint density at radius 1 is 1.21 bits per heavy atom. The van der Waals surface area contributed by atoms with Crippen molar-refractivity contribution in [1.29, 1.82) is 0 Å². The number of hydrogen-bond acceptors (Lipinski definition) is 4. The van der Waals surface area contributed by atoms with Gasteiger partial charge in [0.1, 0.15) is 5.75 Å². The molecule has 108 valence electrons. The summed E-state index contributed by atoms with van der Waals surface area (Å²) in [4.78, 5) is 0. The highest BCUT2D eigenvalue weighted by Gasteiger charge is 2.08. The standard InChI is InChI=1S/C14H22ClNO3/c1-11(16)13-10-12(15)4-5-14(13)19-7-3-6-18-9-8-17-2/h4-5,10-11H,3,6-9,16H2,1-2H3. The molecule has 19 heavy (non-hydrogen) atoms. The average molecular weight is 288 g/mol. The first kappa shape index (κ1) is 16.2. The highest BCUT2D eigenvalue weighted by Crippen LogP contribution is 2.27. The van der Waals surface area contributed by atoms with E-state index in [2.05, 4.69) is 0 Å². The molecule has 0 spiro atoms. The van der Waals surface area contributed by atoms with E-state index in [9.17, 15) is 0 Å². The van der Waals surface area contributed by atoms with Crippen LogP contribution in [0, 0.1) is 0 Å². The van der Waals surface area contributed by atoms with E-state index in [0.717, 1.165) is 17.7 Å². The molecule has 0 aliphatic rings. The second-order valence-electron chi connectivity index (χ2n) is 4.28. The van der Waals surface area contributed by atoms with Gasteiger partial charge in [-0.25, -0.2) is 0 Å². The van der Waals surface area contributed by atoms with Gasteiger partial charge in [-0.15, -0.1) is 0 Å². The lowest BCUT2D eigenvalue weighted by Gasteiger charge is -2.14. The van der Waals surface area contributed by atoms with E-state index in [1.54, 1.807) is 13.2 Å². The molecule has 5 heteroatoms. The van der Waals surface area contributed by atoms with Gasteiger partial charge in [0.2, 0.25) is 0 Å².